The molecular weight excluding hydrogens is 612 g/mol. The van der Waals surface area contributed by atoms with E-state index in [4.69, 9.17) is 10.6 Å². The molecule has 15 heteroatoms. The van der Waals surface area contributed by atoms with Gasteiger partial charge in [-0.15, -0.1) is 0 Å². The number of aliphatic hydroxyl groups is 1. The molecule has 1 heterocycles. The molecule has 0 bridgehead atoms. The number of imide groups is 1. The van der Waals surface area contributed by atoms with Gasteiger partial charge in [0.1, 0.15) is 11.6 Å². The van der Waals surface area contributed by atoms with Gasteiger partial charge in [0, 0.05) is 13.5 Å². The van der Waals surface area contributed by atoms with Crippen LogP contribution in [0.25, 0.3) is 10.8 Å². The topological polar surface area (TPSA) is 212 Å². The average molecular weight is 647 g/mol. The number of ether oxygens (including phenoxy) is 1. The third kappa shape index (κ3) is 6.74. The fraction of sp³-hybridized carbons (Fsp3) is 0.281. The molecule has 3 aromatic carbocycles. The van der Waals surface area contributed by atoms with Crippen LogP contribution in [0.2, 0.25) is 0 Å². The lowest BCUT2D eigenvalue weighted by molar-refractivity contribution is -0.174. The van der Waals surface area contributed by atoms with Crippen molar-refractivity contribution in [2.75, 3.05) is 13.7 Å². The van der Waals surface area contributed by atoms with E-state index in [2.05, 4.69) is 10.4 Å². The summed E-state index contributed by atoms with van der Waals surface area (Å²) >= 11 is 0. The van der Waals surface area contributed by atoms with Crippen molar-refractivity contribution in [3.63, 3.8) is 0 Å². The Bertz CT molecular complexity index is 1730. The van der Waals surface area contributed by atoms with Gasteiger partial charge < -0.3 is 26.1 Å². The van der Waals surface area contributed by atoms with E-state index in [0.29, 0.717) is 26.7 Å². The molecule has 3 atom stereocenters. The minimum absolute atomic E-state index is 0.150. The second-order valence-electron chi connectivity index (χ2n) is 10.9. The number of urea groups is 1. The van der Waals surface area contributed by atoms with E-state index in [0.717, 1.165) is 24.8 Å². The molecule has 0 radical (unpaired) electrons. The first-order valence-electron chi connectivity index (χ1n) is 14.4. The van der Waals surface area contributed by atoms with Gasteiger partial charge in [0.15, 0.2) is 6.04 Å². The summed E-state index contributed by atoms with van der Waals surface area (Å²) in [6.07, 6.45) is 0.410. The summed E-state index contributed by atoms with van der Waals surface area (Å²) in [5.74, 6) is -0.562. The number of methoxy groups -OCH3 is 1. The third-order valence-corrected chi connectivity index (χ3v) is 7.85. The molecule has 0 aliphatic carbocycles. The van der Waals surface area contributed by atoms with E-state index in [9.17, 15) is 39.0 Å². The molecule has 246 valence electrons. The Labute approximate surface area is 269 Å². The average Bonchev–Trinajstić information content (AvgIpc) is 3.23. The van der Waals surface area contributed by atoms with Crippen molar-refractivity contribution in [2.45, 2.75) is 44.4 Å². The minimum atomic E-state index is -1.97. The second-order valence-corrected chi connectivity index (χ2v) is 10.9. The van der Waals surface area contributed by atoms with E-state index >= 15 is 0 Å². The molecule has 0 unspecified atom stereocenters. The van der Waals surface area contributed by atoms with Crippen LogP contribution in [0, 0.1) is 0 Å². The molecule has 5 N–H and O–H groups in total. The Morgan fingerprint density at radius 3 is 2.30 bits per heavy atom. The lowest BCUT2D eigenvalue weighted by Crippen LogP contribution is -2.63. The minimum Gasteiger partial charge on any atom is -0.481 e. The zero-order valence-corrected chi connectivity index (χ0v) is 25.8. The summed E-state index contributed by atoms with van der Waals surface area (Å²) in [7, 11) is 0.964. The maximum atomic E-state index is 14.6. The number of aliphatic carboxylic acids is 1. The van der Waals surface area contributed by atoms with Crippen LogP contribution < -0.4 is 11.2 Å². The number of aliphatic hydroxyl groups excluding tert-OH is 1. The number of rotatable bonds is 12. The number of amides is 5. The summed E-state index contributed by atoms with van der Waals surface area (Å²) in [4.78, 5) is 80.8. The van der Waals surface area contributed by atoms with Gasteiger partial charge in [0.2, 0.25) is 5.91 Å². The first-order chi connectivity index (χ1) is 22.4. The Morgan fingerprint density at radius 1 is 1.06 bits per heavy atom. The summed E-state index contributed by atoms with van der Waals surface area (Å²) in [6, 6.07) is 14.5. The normalized spacial score (nSPS) is 17.5. The standard InChI is InChI=1S/C32H34N6O9/c1-19(40)35-25(15-27(41)42)28(43)37(26(18-39)29(44)47-3)38-30(45)32(2,24-12-9-20(10-13-24)16-34-33)36(31(38)46)17-21-8-11-22-6-4-5-7-23(22)14-21/h4-14,16,25-26,39H,15,17-18,33H2,1-3H3,(H,35,40)(H,41,42)/t25-,26-,32+/m0/s1. The van der Waals surface area contributed by atoms with Crippen molar-refractivity contribution in [3.8, 4) is 0 Å². The van der Waals surface area contributed by atoms with Crippen molar-refractivity contribution in [3.05, 3.63) is 83.4 Å². The van der Waals surface area contributed by atoms with Gasteiger partial charge in [0.05, 0.1) is 26.4 Å². The zero-order valence-electron chi connectivity index (χ0n) is 25.8. The van der Waals surface area contributed by atoms with Gasteiger partial charge in [-0.3, -0.25) is 24.1 Å². The second kappa shape index (κ2) is 14.1. The van der Waals surface area contributed by atoms with E-state index in [1.54, 1.807) is 30.3 Å². The number of esters is 1. The van der Waals surface area contributed by atoms with Gasteiger partial charge in [-0.2, -0.15) is 10.1 Å². The van der Waals surface area contributed by atoms with Gasteiger partial charge in [-0.1, -0.05) is 60.7 Å². The quantitative estimate of drug-likeness (QED) is 0.0722. The number of carboxylic acids is 1. The van der Waals surface area contributed by atoms with Gasteiger partial charge in [-0.05, 0) is 40.5 Å². The predicted octanol–water partition coefficient (Wildman–Crippen LogP) is 1.07. The van der Waals surface area contributed by atoms with E-state index in [-0.39, 0.29) is 6.54 Å². The number of hydrogen-bond donors (Lipinski definition) is 4. The van der Waals surface area contributed by atoms with Crippen LogP contribution in [0.4, 0.5) is 4.79 Å². The summed E-state index contributed by atoms with van der Waals surface area (Å²) in [5.41, 5.74) is -0.296. The molecule has 3 aromatic rings. The van der Waals surface area contributed by atoms with Crippen molar-refractivity contribution in [1.29, 1.82) is 0 Å². The van der Waals surface area contributed by atoms with Crippen LogP contribution in [-0.4, -0.2) is 92.8 Å². The van der Waals surface area contributed by atoms with Gasteiger partial charge in [-0.25, -0.2) is 14.6 Å². The zero-order chi connectivity index (χ0) is 34.5. The number of nitrogens with zero attached hydrogens (tertiary/aromatic N) is 4. The molecular formula is C32H34N6O9. The molecule has 0 spiro atoms. The number of nitrogens with two attached hydrogens (primary N) is 1. The maximum Gasteiger partial charge on any atom is 0.347 e. The van der Waals surface area contributed by atoms with Gasteiger partial charge >= 0.3 is 18.0 Å². The number of carbonyl (C=O) groups is 6. The maximum absolute atomic E-state index is 14.6. The largest absolute Gasteiger partial charge is 0.481 e. The number of benzene rings is 3. The van der Waals surface area contributed by atoms with Gasteiger partial charge in [0.25, 0.3) is 11.8 Å². The molecule has 1 fully saturated rings. The molecule has 47 heavy (non-hydrogen) atoms. The summed E-state index contributed by atoms with van der Waals surface area (Å²) in [6.45, 7) is 1.22. The van der Waals surface area contributed by atoms with Crippen molar-refractivity contribution in [2.24, 2.45) is 10.9 Å². The highest BCUT2D eigenvalue weighted by molar-refractivity contribution is 6.09. The highest BCUT2D eigenvalue weighted by Crippen LogP contribution is 2.40. The molecule has 4 rings (SSSR count). The van der Waals surface area contributed by atoms with E-state index in [1.807, 2.05) is 36.4 Å². The van der Waals surface area contributed by atoms with Crippen LogP contribution in [0.1, 0.15) is 37.0 Å². The van der Waals surface area contributed by atoms with Crippen molar-refractivity contribution < 1.29 is 43.7 Å². The molecule has 0 saturated carbocycles. The Kier molecular flexibility index (Phi) is 10.2. The molecule has 15 nitrogen and oxygen atoms in total. The molecule has 1 saturated heterocycles. The number of hydrogen-bond acceptors (Lipinski definition) is 10. The molecule has 5 amide bonds. The Hall–Kier alpha value is -5.83. The first-order valence-corrected chi connectivity index (χ1v) is 14.4. The summed E-state index contributed by atoms with van der Waals surface area (Å²) < 4.78 is 4.76. The Balaban J connectivity index is 1.91. The van der Waals surface area contributed by atoms with Crippen LogP contribution in [0.15, 0.2) is 71.8 Å². The van der Waals surface area contributed by atoms with Crippen LogP contribution in [0.5, 0.6) is 0 Å². The SMILES string of the molecule is COC(=O)[C@H](CO)N(C(=O)[C@H](CC(=O)O)NC(C)=O)N1C(=O)N(Cc2ccc3ccccc3c2)[C@](C)(c2ccc(C=NN)cc2)C1=O. The highest BCUT2D eigenvalue weighted by atomic mass is 16.5. The number of nitrogens with one attached hydrogen (secondary N) is 1. The van der Waals surface area contributed by atoms with Crippen molar-refractivity contribution >= 4 is 52.7 Å². The number of carbonyl (C=O) groups excluding carboxylic acids is 5. The van der Waals surface area contributed by atoms with Crippen LogP contribution in [0.3, 0.4) is 0 Å². The fourth-order valence-corrected chi connectivity index (χ4v) is 5.47. The third-order valence-electron chi connectivity index (χ3n) is 7.85. The fourth-order valence-electron chi connectivity index (χ4n) is 5.47. The lowest BCUT2D eigenvalue weighted by atomic mass is 9.89. The van der Waals surface area contributed by atoms with Crippen molar-refractivity contribution in [1.82, 2.24) is 20.2 Å². The predicted molar refractivity (Wildman–Crippen MR) is 167 cm³/mol. The highest BCUT2D eigenvalue weighted by Gasteiger charge is 2.60. The smallest absolute Gasteiger partial charge is 0.347 e. The van der Waals surface area contributed by atoms with E-state index < -0.39 is 66.3 Å². The van der Waals surface area contributed by atoms with E-state index in [1.165, 1.54) is 18.0 Å². The lowest BCUT2D eigenvalue weighted by Gasteiger charge is -2.36. The molecule has 1 aliphatic heterocycles. The molecule has 0 aromatic heterocycles. The molecule has 1 aliphatic rings. The number of hydrazine groups is 1. The number of fused-ring (bicyclic) bond motifs is 1. The first kappa shape index (κ1) is 34.1. The van der Waals surface area contributed by atoms with Crippen LogP contribution >= 0.6 is 0 Å². The Morgan fingerprint density at radius 2 is 1.72 bits per heavy atom. The summed E-state index contributed by atoms with van der Waals surface area (Å²) in [5, 5.41) is 28.0. The monoisotopic (exact) mass is 646 g/mol. The number of carboxylic acid groups (broad SMARTS) is 1. The number of hydrazone groups is 1. The van der Waals surface area contributed by atoms with Crippen LogP contribution in [-0.2, 0) is 40.8 Å².